The van der Waals surface area contributed by atoms with Crippen molar-refractivity contribution in [1.29, 1.82) is 0 Å². The summed E-state index contributed by atoms with van der Waals surface area (Å²) in [6.45, 7) is 2.48. The highest BCUT2D eigenvalue weighted by atomic mass is 16.7. The van der Waals surface area contributed by atoms with Gasteiger partial charge in [-0.25, -0.2) is 9.59 Å². The van der Waals surface area contributed by atoms with Crippen molar-refractivity contribution in [1.82, 2.24) is 0 Å². The lowest BCUT2D eigenvalue weighted by Crippen LogP contribution is -2.15. The lowest BCUT2D eigenvalue weighted by atomic mass is 10.0. The molecule has 6 heteroatoms. The van der Waals surface area contributed by atoms with Crippen molar-refractivity contribution in [2.24, 2.45) is 0 Å². The number of hydrogen-bond donors (Lipinski definition) is 1. The first-order valence-corrected chi connectivity index (χ1v) is 11.0. The molecule has 2 aromatic carbocycles. The largest absolute Gasteiger partial charge is 0.513 e. The van der Waals surface area contributed by atoms with Crippen LogP contribution >= 0.6 is 0 Å². The average molecular weight is 428 g/mol. The lowest BCUT2D eigenvalue weighted by molar-refractivity contribution is 0.0594. The predicted molar refractivity (Wildman–Crippen MR) is 122 cm³/mol. The molecule has 0 bridgehead atoms. The van der Waals surface area contributed by atoms with Crippen LogP contribution in [-0.4, -0.2) is 25.8 Å². The summed E-state index contributed by atoms with van der Waals surface area (Å²) in [5.41, 5.74) is 7.68. The lowest BCUT2D eigenvalue weighted by Gasteiger charge is -2.15. The Morgan fingerprint density at radius 2 is 1.55 bits per heavy atom. The summed E-state index contributed by atoms with van der Waals surface area (Å²) < 4.78 is 15.5. The second-order valence-corrected chi connectivity index (χ2v) is 7.48. The first kappa shape index (κ1) is 24.3. The summed E-state index contributed by atoms with van der Waals surface area (Å²) in [5, 5.41) is 0. The van der Waals surface area contributed by atoms with E-state index in [-0.39, 0.29) is 17.9 Å². The summed E-state index contributed by atoms with van der Waals surface area (Å²) in [6, 6.07) is 12.3. The van der Waals surface area contributed by atoms with Crippen LogP contribution in [0.4, 0.5) is 10.5 Å². The van der Waals surface area contributed by atoms with Gasteiger partial charge in [0.25, 0.3) is 0 Å². The van der Waals surface area contributed by atoms with Crippen molar-refractivity contribution in [3.8, 4) is 16.9 Å². The standard InChI is InChI=1S/C25H33NO5/c1-3-4-5-6-7-8-9-13-16-30-25(28)31-23-21(19-14-11-10-12-15-19)17-20(26)18-22(23)24(27)29-2/h10-12,14-15,17-18H,3-9,13,16,26H2,1-2H3. The Kier molecular flexibility index (Phi) is 10.4. The van der Waals surface area contributed by atoms with Crippen LogP contribution in [-0.2, 0) is 9.47 Å². The first-order valence-electron chi connectivity index (χ1n) is 11.0. The monoisotopic (exact) mass is 427 g/mol. The Labute approximate surface area is 184 Å². The van der Waals surface area contributed by atoms with E-state index in [4.69, 9.17) is 19.9 Å². The number of rotatable bonds is 12. The van der Waals surface area contributed by atoms with Crippen LogP contribution in [0.25, 0.3) is 11.1 Å². The molecule has 2 N–H and O–H groups in total. The van der Waals surface area contributed by atoms with Gasteiger partial charge in [-0.3, -0.25) is 0 Å². The van der Waals surface area contributed by atoms with Crippen LogP contribution in [0.1, 0.15) is 68.6 Å². The van der Waals surface area contributed by atoms with Crippen LogP contribution in [0.2, 0.25) is 0 Å². The minimum atomic E-state index is -0.852. The Morgan fingerprint density at radius 3 is 2.19 bits per heavy atom. The molecule has 2 aromatic rings. The molecule has 2 rings (SSSR count). The summed E-state index contributed by atoms with van der Waals surface area (Å²) in [6.07, 6.45) is 8.34. The number of nitrogens with two attached hydrogens (primary N) is 1. The van der Waals surface area contributed by atoms with Crippen LogP contribution < -0.4 is 10.5 Å². The van der Waals surface area contributed by atoms with Crippen molar-refractivity contribution >= 4 is 17.8 Å². The van der Waals surface area contributed by atoms with Gasteiger partial charge in [0.2, 0.25) is 0 Å². The highest BCUT2D eigenvalue weighted by molar-refractivity contribution is 5.98. The van der Waals surface area contributed by atoms with E-state index in [0.717, 1.165) is 24.8 Å². The molecule has 0 aliphatic carbocycles. The fraction of sp³-hybridized carbons (Fsp3) is 0.440. The number of esters is 1. The number of nitrogen functional groups attached to an aromatic ring is 1. The second-order valence-electron chi connectivity index (χ2n) is 7.48. The predicted octanol–water partition coefficient (Wildman–Crippen LogP) is 6.38. The van der Waals surface area contributed by atoms with Gasteiger partial charge in [-0.1, -0.05) is 82.2 Å². The van der Waals surface area contributed by atoms with Gasteiger partial charge in [0, 0.05) is 11.3 Å². The molecule has 0 spiro atoms. The van der Waals surface area contributed by atoms with Gasteiger partial charge in [0.05, 0.1) is 13.7 Å². The molecule has 0 aliphatic rings. The zero-order valence-corrected chi connectivity index (χ0v) is 18.5. The topological polar surface area (TPSA) is 87.8 Å². The maximum absolute atomic E-state index is 12.3. The zero-order chi connectivity index (χ0) is 22.5. The normalized spacial score (nSPS) is 10.5. The molecular formula is C25H33NO5. The molecule has 6 nitrogen and oxygen atoms in total. The molecule has 0 aromatic heterocycles. The van der Waals surface area contributed by atoms with Crippen molar-refractivity contribution < 1.29 is 23.8 Å². The van der Waals surface area contributed by atoms with Crippen LogP contribution in [0.15, 0.2) is 42.5 Å². The molecule has 0 saturated heterocycles. The number of carbonyl (C=O) groups excluding carboxylic acids is 2. The van der Waals surface area contributed by atoms with Crippen LogP contribution in [0.3, 0.4) is 0 Å². The highest BCUT2D eigenvalue weighted by Crippen LogP contribution is 2.36. The molecular weight excluding hydrogens is 394 g/mol. The van der Waals surface area contributed by atoms with Gasteiger partial charge < -0.3 is 19.9 Å². The van der Waals surface area contributed by atoms with Crippen molar-refractivity contribution in [2.75, 3.05) is 19.5 Å². The smallest absolute Gasteiger partial charge is 0.465 e. The maximum atomic E-state index is 12.3. The minimum Gasteiger partial charge on any atom is -0.465 e. The molecule has 31 heavy (non-hydrogen) atoms. The van der Waals surface area contributed by atoms with Gasteiger partial charge in [-0.05, 0) is 24.1 Å². The molecule has 0 unspecified atom stereocenters. The number of unbranched alkanes of at least 4 members (excludes halogenated alkanes) is 7. The number of ether oxygens (including phenoxy) is 3. The quantitative estimate of drug-likeness (QED) is 0.183. The van der Waals surface area contributed by atoms with Gasteiger partial charge in [-0.2, -0.15) is 0 Å². The van der Waals surface area contributed by atoms with Crippen molar-refractivity contribution in [3.63, 3.8) is 0 Å². The van der Waals surface area contributed by atoms with Gasteiger partial charge in [0.15, 0.2) is 5.75 Å². The van der Waals surface area contributed by atoms with Gasteiger partial charge in [-0.15, -0.1) is 0 Å². The SMILES string of the molecule is CCCCCCCCCCOC(=O)Oc1c(C(=O)OC)cc(N)cc1-c1ccccc1. The Bertz CT molecular complexity index is 835. The fourth-order valence-electron chi connectivity index (χ4n) is 3.36. The van der Waals surface area contributed by atoms with E-state index >= 15 is 0 Å². The second kappa shape index (κ2) is 13.3. The highest BCUT2D eigenvalue weighted by Gasteiger charge is 2.22. The van der Waals surface area contributed by atoms with E-state index in [1.165, 1.54) is 45.3 Å². The number of methoxy groups -OCH3 is 1. The Hall–Kier alpha value is -3.02. The minimum absolute atomic E-state index is 0.0744. The summed E-state index contributed by atoms with van der Waals surface area (Å²) in [4.78, 5) is 24.6. The van der Waals surface area contributed by atoms with E-state index in [1.54, 1.807) is 6.07 Å². The fourth-order valence-corrected chi connectivity index (χ4v) is 3.36. The number of benzene rings is 2. The third-order valence-electron chi connectivity index (χ3n) is 5.00. The van der Waals surface area contributed by atoms with E-state index in [1.807, 2.05) is 30.3 Å². The average Bonchev–Trinajstić information content (AvgIpc) is 2.78. The van der Waals surface area contributed by atoms with Gasteiger partial charge in [0.1, 0.15) is 5.56 Å². The third kappa shape index (κ3) is 7.96. The van der Waals surface area contributed by atoms with Crippen molar-refractivity contribution in [2.45, 2.75) is 58.3 Å². The van der Waals surface area contributed by atoms with Crippen molar-refractivity contribution in [3.05, 3.63) is 48.0 Å². The molecule has 0 saturated carbocycles. The van der Waals surface area contributed by atoms with Crippen LogP contribution in [0, 0.1) is 0 Å². The van der Waals surface area contributed by atoms with E-state index in [0.29, 0.717) is 11.3 Å². The van der Waals surface area contributed by atoms with E-state index in [2.05, 4.69) is 6.92 Å². The molecule has 0 fully saturated rings. The Balaban J connectivity index is 1.99. The maximum Gasteiger partial charge on any atom is 0.513 e. The number of hydrogen-bond acceptors (Lipinski definition) is 6. The number of anilines is 1. The zero-order valence-electron chi connectivity index (χ0n) is 18.5. The summed E-state index contributed by atoms with van der Waals surface area (Å²) in [7, 11) is 1.26. The summed E-state index contributed by atoms with van der Waals surface area (Å²) in [5.74, 6) is -0.566. The van der Waals surface area contributed by atoms with Gasteiger partial charge >= 0.3 is 12.1 Å². The molecule has 0 amide bonds. The molecule has 0 aliphatic heterocycles. The van der Waals surface area contributed by atoms with E-state index < -0.39 is 12.1 Å². The van der Waals surface area contributed by atoms with Crippen LogP contribution in [0.5, 0.6) is 5.75 Å². The van der Waals surface area contributed by atoms with E-state index in [9.17, 15) is 9.59 Å². The summed E-state index contributed by atoms with van der Waals surface area (Å²) >= 11 is 0. The molecule has 168 valence electrons. The third-order valence-corrected chi connectivity index (χ3v) is 5.00. The molecule has 0 radical (unpaired) electrons. The number of carbonyl (C=O) groups is 2. The Morgan fingerprint density at radius 1 is 0.903 bits per heavy atom. The first-order chi connectivity index (χ1) is 15.1. The molecule has 0 heterocycles. The molecule has 0 atom stereocenters.